The third-order valence-corrected chi connectivity index (χ3v) is 5.24. The Bertz CT molecular complexity index is 268. The van der Waals surface area contributed by atoms with Crippen LogP contribution in [0.2, 0.25) is 0 Å². The molecule has 1 aliphatic heterocycles. The second-order valence-corrected chi connectivity index (χ2v) is 6.99. The van der Waals surface area contributed by atoms with Crippen LogP contribution < -0.4 is 5.32 Å². The number of hydrogen-bond donors (Lipinski definition) is 1. The zero-order valence-corrected chi connectivity index (χ0v) is 13.8. The molecule has 1 saturated carbocycles. The van der Waals surface area contributed by atoms with Crippen molar-refractivity contribution in [3.05, 3.63) is 0 Å². The molecule has 0 bridgehead atoms. The third kappa shape index (κ3) is 3.75. The molecule has 1 heterocycles. The summed E-state index contributed by atoms with van der Waals surface area (Å²) in [6.45, 7) is 12.1. The van der Waals surface area contributed by atoms with Crippen molar-refractivity contribution in [3.63, 3.8) is 0 Å². The van der Waals surface area contributed by atoms with Crippen LogP contribution in [0.15, 0.2) is 0 Å². The van der Waals surface area contributed by atoms with Crippen LogP contribution in [0.1, 0.15) is 59.3 Å². The largest absolute Gasteiger partial charge is 0.379 e. The molecule has 1 unspecified atom stereocenters. The van der Waals surface area contributed by atoms with Crippen LogP contribution in [0.5, 0.6) is 0 Å². The van der Waals surface area contributed by atoms with E-state index in [1.54, 1.807) is 0 Å². The molecule has 2 aliphatic rings. The summed E-state index contributed by atoms with van der Waals surface area (Å²) in [5.41, 5.74) is 0.411. The van der Waals surface area contributed by atoms with Gasteiger partial charge in [0, 0.05) is 24.7 Å². The van der Waals surface area contributed by atoms with Crippen molar-refractivity contribution in [2.24, 2.45) is 5.92 Å². The summed E-state index contributed by atoms with van der Waals surface area (Å²) >= 11 is 0. The zero-order valence-electron chi connectivity index (χ0n) is 13.8. The molecule has 2 fully saturated rings. The number of nitrogens with zero attached hydrogens (tertiary/aromatic N) is 1. The zero-order chi connectivity index (χ0) is 14.4. The Kier molecular flexibility index (Phi) is 6.31. The highest BCUT2D eigenvalue weighted by Gasteiger charge is 2.45. The van der Waals surface area contributed by atoms with Gasteiger partial charge in [-0.25, -0.2) is 0 Å². The van der Waals surface area contributed by atoms with Crippen molar-refractivity contribution in [1.29, 1.82) is 0 Å². The summed E-state index contributed by atoms with van der Waals surface area (Å²) < 4.78 is 5.58. The van der Waals surface area contributed by atoms with Crippen LogP contribution in [0, 0.1) is 5.92 Å². The van der Waals surface area contributed by atoms with Crippen LogP contribution in [-0.2, 0) is 4.74 Å². The Morgan fingerprint density at radius 1 is 1.10 bits per heavy atom. The highest BCUT2D eigenvalue weighted by Crippen LogP contribution is 2.40. The van der Waals surface area contributed by atoms with E-state index in [1.165, 1.54) is 38.5 Å². The van der Waals surface area contributed by atoms with Crippen LogP contribution in [0.25, 0.3) is 0 Å². The van der Waals surface area contributed by atoms with Crippen LogP contribution >= 0.6 is 0 Å². The maximum Gasteiger partial charge on any atom is 0.0594 e. The SMILES string of the molecule is CCNC(CCC(C)C)C1(N2CCOCC2)CCCC1. The third-order valence-electron chi connectivity index (χ3n) is 5.24. The summed E-state index contributed by atoms with van der Waals surface area (Å²) in [6.07, 6.45) is 8.22. The molecule has 3 nitrogen and oxygen atoms in total. The van der Waals surface area contributed by atoms with Gasteiger partial charge in [-0.15, -0.1) is 0 Å². The molecule has 1 aliphatic carbocycles. The number of likely N-dealkylation sites (N-methyl/N-ethyl adjacent to an activating group) is 1. The van der Waals surface area contributed by atoms with Gasteiger partial charge < -0.3 is 10.1 Å². The molecular formula is C17H34N2O. The Labute approximate surface area is 125 Å². The van der Waals surface area contributed by atoms with Crippen molar-refractivity contribution in [2.45, 2.75) is 70.9 Å². The summed E-state index contributed by atoms with van der Waals surface area (Å²) in [4.78, 5) is 2.76. The van der Waals surface area contributed by atoms with Gasteiger partial charge in [-0.3, -0.25) is 4.90 Å². The first kappa shape index (κ1) is 16.3. The fraction of sp³-hybridized carbons (Fsp3) is 1.00. The molecule has 0 spiro atoms. The van der Waals surface area contributed by atoms with Gasteiger partial charge in [-0.2, -0.15) is 0 Å². The van der Waals surface area contributed by atoms with E-state index in [1.807, 2.05) is 0 Å². The normalized spacial score (nSPS) is 25.2. The molecule has 0 aromatic carbocycles. The maximum atomic E-state index is 5.58. The van der Waals surface area contributed by atoms with E-state index in [-0.39, 0.29) is 0 Å². The van der Waals surface area contributed by atoms with Crippen molar-refractivity contribution in [3.8, 4) is 0 Å². The molecule has 0 radical (unpaired) electrons. The topological polar surface area (TPSA) is 24.5 Å². The molecule has 0 aromatic rings. The molecule has 3 heteroatoms. The molecule has 1 saturated heterocycles. The summed E-state index contributed by atoms with van der Waals surface area (Å²) in [7, 11) is 0. The van der Waals surface area contributed by atoms with E-state index in [0.29, 0.717) is 11.6 Å². The van der Waals surface area contributed by atoms with Gasteiger partial charge in [0.25, 0.3) is 0 Å². The van der Waals surface area contributed by atoms with Crippen molar-refractivity contribution in [1.82, 2.24) is 10.2 Å². The minimum Gasteiger partial charge on any atom is -0.379 e. The van der Waals surface area contributed by atoms with Crippen molar-refractivity contribution < 1.29 is 4.74 Å². The minimum atomic E-state index is 0.411. The molecule has 2 rings (SSSR count). The van der Waals surface area contributed by atoms with E-state index in [4.69, 9.17) is 4.74 Å². The van der Waals surface area contributed by atoms with Gasteiger partial charge in [-0.1, -0.05) is 33.6 Å². The number of rotatable bonds is 7. The smallest absolute Gasteiger partial charge is 0.0594 e. The van der Waals surface area contributed by atoms with Crippen molar-refractivity contribution in [2.75, 3.05) is 32.8 Å². The molecule has 1 atom stereocenters. The average molecular weight is 282 g/mol. The fourth-order valence-corrected chi connectivity index (χ4v) is 4.19. The van der Waals surface area contributed by atoms with E-state index < -0.39 is 0 Å². The lowest BCUT2D eigenvalue weighted by molar-refractivity contribution is -0.0372. The average Bonchev–Trinajstić information content (AvgIpc) is 2.95. The highest BCUT2D eigenvalue weighted by atomic mass is 16.5. The molecule has 1 N–H and O–H groups in total. The molecular weight excluding hydrogens is 248 g/mol. The maximum absolute atomic E-state index is 5.58. The first-order valence-electron chi connectivity index (χ1n) is 8.75. The van der Waals surface area contributed by atoms with E-state index in [0.717, 1.165) is 38.8 Å². The summed E-state index contributed by atoms with van der Waals surface area (Å²) in [5, 5.41) is 3.84. The molecule has 20 heavy (non-hydrogen) atoms. The second-order valence-electron chi connectivity index (χ2n) is 6.99. The lowest BCUT2D eigenvalue weighted by Crippen LogP contribution is -2.62. The van der Waals surface area contributed by atoms with E-state index in [9.17, 15) is 0 Å². The van der Waals surface area contributed by atoms with Crippen LogP contribution in [-0.4, -0.2) is 49.3 Å². The molecule has 118 valence electrons. The Morgan fingerprint density at radius 3 is 2.30 bits per heavy atom. The number of ether oxygens (including phenoxy) is 1. The quantitative estimate of drug-likeness (QED) is 0.777. The van der Waals surface area contributed by atoms with Gasteiger partial charge in [0.2, 0.25) is 0 Å². The Balaban J connectivity index is 2.09. The predicted octanol–water partition coefficient (Wildman–Crippen LogP) is 3.05. The lowest BCUT2D eigenvalue weighted by atomic mass is 9.82. The fourth-order valence-electron chi connectivity index (χ4n) is 4.19. The number of hydrogen-bond acceptors (Lipinski definition) is 3. The number of morpholine rings is 1. The summed E-state index contributed by atoms with van der Waals surface area (Å²) in [5.74, 6) is 0.805. The van der Waals surface area contributed by atoms with Crippen LogP contribution in [0.3, 0.4) is 0 Å². The van der Waals surface area contributed by atoms with Gasteiger partial charge in [0.1, 0.15) is 0 Å². The lowest BCUT2D eigenvalue weighted by Gasteiger charge is -2.49. The highest BCUT2D eigenvalue weighted by molar-refractivity contribution is 5.04. The van der Waals surface area contributed by atoms with Crippen molar-refractivity contribution >= 4 is 0 Å². The van der Waals surface area contributed by atoms with E-state index >= 15 is 0 Å². The molecule has 0 aromatic heterocycles. The van der Waals surface area contributed by atoms with Gasteiger partial charge in [-0.05, 0) is 38.1 Å². The summed E-state index contributed by atoms with van der Waals surface area (Å²) in [6, 6.07) is 0.662. The Hall–Kier alpha value is -0.120. The standard InChI is InChI=1S/C17H34N2O/c1-4-18-16(8-7-15(2)3)17(9-5-6-10-17)19-11-13-20-14-12-19/h15-16,18H,4-14H2,1-3H3. The second kappa shape index (κ2) is 7.77. The minimum absolute atomic E-state index is 0.411. The Morgan fingerprint density at radius 2 is 1.75 bits per heavy atom. The van der Waals surface area contributed by atoms with Crippen LogP contribution in [0.4, 0.5) is 0 Å². The first-order chi connectivity index (χ1) is 9.69. The van der Waals surface area contributed by atoms with Gasteiger partial charge in [0.15, 0.2) is 0 Å². The van der Waals surface area contributed by atoms with Gasteiger partial charge >= 0.3 is 0 Å². The monoisotopic (exact) mass is 282 g/mol. The first-order valence-corrected chi connectivity index (χ1v) is 8.75. The number of nitrogens with one attached hydrogen (secondary N) is 1. The van der Waals surface area contributed by atoms with E-state index in [2.05, 4.69) is 31.0 Å². The molecule has 0 amide bonds. The predicted molar refractivity (Wildman–Crippen MR) is 85.1 cm³/mol. The van der Waals surface area contributed by atoms with Gasteiger partial charge in [0.05, 0.1) is 13.2 Å².